The van der Waals surface area contributed by atoms with Crippen molar-refractivity contribution in [2.24, 2.45) is 0 Å². The number of nitrogens with one attached hydrogen (secondary N) is 1. The van der Waals surface area contributed by atoms with Crippen LogP contribution in [0.2, 0.25) is 0 Å². The standard InChI is InChI=1S/C18H21FN2O2S2/c1-24-16-8-6-15(7-9-16)14-20-10-12-21(13-11-20)25(22,23)18-5-3-2-4-17(18)19/h2-9H,10-14H2,1H3/p+1. The number of piperazine rings is 1. The lowest BCUT2D eigenvalue weighted by Crippen LogP contribution is -3.13. The van der Waals surface area contributed by atoms with Crippen LogP contribution in [0, 0.1) is 5.82 Å². The molecule has 0 aliphatic carbocycles. The Bertz CT molecular complexity index is 817. The van der Waals surface area contributed by atoms with Crippen LogP contribution in [0.25, 0.3) is 0 Å². The minimum absolute atomic E-state index is 0.230. The van der Waals surface area contributed by atoms with Gasteiger partial charge in [0.2, 0.25) is 10.0 Å². The molecule has 2 aromatic carbocycles. The lowest BCUT2D eigenvalue weighted by Gasteiger charge is -2.31. The average Bonchev–Trinajstić information content (AvgIpc) is 2.63. The maximum absolute atomic E-state index is 13.9. The average molecular weight is 382 g/mol. The van der Waals surface area contributed by atoms with Gasteiger partial charge in [-0.2, -0.15) is 4.31 Å². The highest BCUT2D eigenvalue weighted by atomic mass is 32.2. The Morgan fingerprint density at radius 1 is 1.08 bits per heavy atom. The molecule has 25 heavy (non-hydrogen) atoms. The number of benzene rings is 2. The Morgan fingerprint density at radius 2 is 1.72 bits per heavy atom. The summed E-state index contributed by atoms with van der Waals surface area (Å²) in [5.41, 5.74) is 1.25. The van der Waals surface area contributed by atoms with Crippen molar-refractivity contribution in [2.75, 3.05) is 32.4 Å². The van der Waals surface area contributed by atoms with E-state index >= 15 is 0 Å². The molecule has 0 spiro atoms. The normalized spacial score (nSPS) is 16.9. The number of nitrogens with zero attached hydrogens (tertiary/aromatic N) is 1. The van der Waals surface area contributed by atoms with E-state index in [2.05, 4.69) is 30.5 Å². The zero-order chi connectivity index (χ0) is 17.9. The van der Waals surface area contributed by atoms with Gasteiger partial charge in [-0.15, -0.1) is 11.8 Å². The molecular weight excluding hydrogens is 359 g/mol. The van der Waals surface area contributed by atoms with Gasteiger partial charge >= 0.3 is 0 Å². The van der Waals surface area contributed by atoms with Gasteiger partial charge in [0.1, 0.15) is 17.3 Å². The summed E-state index contributed by atoms with van der Waals surface area (Å²) in [7, 11) is -3.76. The fraction of sp³-hybridized carbons (Fsp3) is 0.333. The van der Waals surface area contributed by atoms with E-state index in [9.17, 15) is 12.8 Å². The minimum Gasteiger partial charge on any atom is -0.329 e. The molecule has 1 aliphatic rings. The predicted molar refractivity (Wildman–Crippen MR) is 97.8 cm³/mol. The van der Waals surface area contributed by atoms with E-state index in [4.69, 9.17) is 0 Å². The maximum atomic E-state index is 13.9. The Hall–Kier alpha value is -1.41. The van der Waals surface area contributed by atoms with Crippen LogP contribution in [0.5, 0.6) is 0 Å². The molecule has 7 heteroatoms. The van der Waals surface area contributed by atoms with E-state index in [0.29, 0.717) is 13.1 Å². The number of quaternary nitrogens is 1. The number of halogens is 1. The van der Waals surface area contributed by atoms with Gasteiger partial charge in [-0.3, -0.25) is 0 Å². The van der Waals surface area contributed by atoms with Gasteiger partial charge in [0.15, 0.2) is 0 Å². The van der Waals surface area contributed by atoms with Gasteiger partial charge in [-0.1, -0.05) is 24.3 Å². The van der Waals surface area contributed by atoms with E-state index in [0.717, 1.165) is 19.6 Å². The third kappa shape index (κ3) is 4.23. The van der Waals surface area contributed by atoms with Gasteiger partial charge in [0, 0.05) is 10.5 Å². The Morgan fingerprint density at radius 3 is 2.32 bits per heavy atom. The highest BCUT2D eigenvalue weighted by molar-refractivity contribution is 7.98. The molecule has 0 aromatic heterocycles. The van der Waals surface area contributed by atoms with E-state index in [1.165, 1.54) is 37.9 Å². The first-order chi connectivity index (χ1) is 12.0. The minimum atomic E-state index is -3.76. The number of hydrogen-bond donors (Lipinski definition) is 1. The Kier molecular flexibility index (Phi) is 5.78. The third-order valence-electron chi connectivity index (χ3n) is 4.50. The molecule has 0 bridgehead atoms. The van der Waals surface area contributed by atoms with Crippen molar-refractivity contribution in [3.05, 3.63) is 59.9 Å². The summed E-state index contributed by atoms with van der Waals surface area (Å²) >= 11 is 1.71. The summed E-state index contributed by atoms with van der Waals surface area (Å²) in [6.07, 6.45) is 2.05. The van der Waals surface area contributed by atoms with Crippen molar-refractivity contribution < 1.29 is 17.7 Å². The predicted octanol–water partition coefficient (Wildman–Crippen LogP) is 1.64. The molecule has 4 nitrogen and oxygen atoms in total. The van der Waals surface area contributed by atoms with Crippen LogP contribution in [0.1, 0.15) is 5.56 Å². The summed E-state index contributed by atoms with van der Waals surface area (Å²) in [4.78, 5) is 2.35. The topological polar surface area (TPSA) is 41.8 Å². The second-order valence-electron chi connectivity index (χ2n) is 6.11. The number of thioether (sulfide) groups is 1. The van der Waals surface area contributed by atoms with Crippen LogP contribution in [0.3, 0.4) is 0 Å². The van der Waals surface area contributed by atoms with Gasteiger partial charge in [-0.25, -0.2) is 12.8 Å². The molecular formula is C18H22FN2O2S2+. The van der Waals surface area contributed by atoms with Crippen LogP contribution in [0.4, 0.5) is 4.39 Å². The number of rotatable bonds is 5. The van der Waals surface area contributed by atoms with Crippen molar-refractivity contribution in [1.29, 1.82) is 0 Å². The molecule has 1 fully saturated rings. The lowest BCUT2D eigenvalue weighted by atomic mass is 10.2. The fourth-order valence-corrected chi connectivity index (χ4v) is 4.96. The quantitative estimate of drug-likeness (QED) is 0.801. The van der Waals surface area contributed by atoms with Crippen molar-refractivity contribution in [1.82, 2.24) is 4.31 Å². The van der Waals surface area contributed by atoms with E-state index < -0.39 is 15.8 Å². The van der Waals surface area contributed by atoms with Crippen LogP contribution < -0.4 is 4.90 Å². The molecule has 0 radical (unpaired) electrons. The fourth-order valence-electron chi connectivity index (χ4n) is 3.04. The Balaban J connectivity index is 1.62. The first kappa shape index (κ1) is 18.4. The molecule has 2 aromatic rings. The number of sulfonamides is 1. The summed E-state index contributed by atoms with van der Waals surface area (Å²) in [6, 6.07) is 14.0. The highest BCUT2D eigenvalue weighted by Gasteiger charge is 2.32. The zero-order valence-electron chi connectivity index (χ0n) is 14.1. The molecule has 1 saturated heterocycles. The summed E-state index contributed by atoms with van der Waals surface area (Å²) in [6.45, 7) is 3.14. The second kappa shape index (κ2) is 7.86. The lowest BCUT2D eigenvalue weighted by molar-refractivity contribution is -0.917. The molecule has 0 unspecified atom stereocenters. The van der Waals surface area contributed by atoms with Crippen molar-refractivity contribution >= 4 is 21.8 Å². The second-order valence-corrected chi connectivity index (χ2v) is 8.90. The summed E-state index contributed by atoms with van der Waals surface area (Å²) < 4.78 is 40.5. The SMILES string of the molecule is CSc1ccc(C[NH+]2CCN(S(=O)(=O)c3ccccc3F)CC2)cc1. The van der Waals surface area contributed by atoms with Gasteiger partial charge in [-0.05, 0) is 30.5 Å². The monoisotopic (exact) mass is 381 g/mol. The van der Waals surface area contributed by atoms with Gasteiger partial charge in [0.25, 0.3) is 0 Å². The van der Waals surface area contributed by atoms with E-state index in [1.807, 2.05) is 0 Å². The van der Waals surface area contributed by atoms with Crippen LogP contribution in [0.15, 0.2) is 58.3 Å². The van der Waals surface area contributed by atoms with Gasteiger partial charge in [0.05, 0.1) is 26.2 Å². The van der Waals surface area contributed by atoms with Crippen molar-refractivity contribution in [3.63, 3.8) is 0 Å². The maximum Gasteiger partial charge on any atom is 0.246 e. The zero-order valence-corrected chi connectivity index (χ0v) is 15.7. The molecule has 1 aliphatic heterocycles. The van der Waals surface area contributed by atoms with E-state index in [1.54, 1.807) is 17.8 Å². The molecule has 0 atom stereocenters. The molecule has 0 saturated carbocycles. The molecule has 1 heterocycles. The number of hydrogen-bond acceptors (Lipinski definition) is 3. The first-order valence-electron chi connectivity index (χ1n) is 8.22. The molecule has 3 rings (SSSR count). The molecule has 134 valence electrons. The first-order valence-corrected chi connectivity index (χ1v) is 10.9. The van der Waals surface area contributed by atoms with Crippen LogP contribution in [-0.4, -0.2) is 45.2 Å². The van der Waals surface area contributed by atoms with Gasteiger partial charge < -0.3 is 4.90 Å². The van der Waals surface area contributed by atoms with Crippen molar-refractivity contribution in [2.45, 2.75) is 16.3 Å². The largest absolute Gasteiger partial charge is 0.329 e. The summed E-state index contributed by atoms with van der Waals surface area (Å²) in [5, 5.41) is 0. The Labute approximate surface area is 152 Å². The van der Waals surface area contributed by atoms with E-state index in [-0.39, 0.29) is 4.90 Å². The summed E-state index contributed by atoms with van der Waals surface area (Å²) in [5.74, 6) is -0.689. The molecule has 0 amide bonds. The van der Waals surface area contributed by atoms with Crippen LogP contribution in [-0.2, 0) is 16.6 Å². The smallest absolute Gasteiger partial charge is 0.246 e. The highest BCUT2D eigenvalue weighted by Crippen LogP contribution is 2.19. The third-order valence-corrected chi connectivity index (χ3v) is 7.17. The van der Waals surface area contributed by atoms with Crippen molar-refractivity contribution in [3.8, 4) is 0 Å². The molecule has 1 N–H and O–H groups in total. The van der Waals surface area contributed by atoms with Crippen LogP contribution >= 0.6 is 11.8 Å².